The van der Waals surface area contributed by atoms with Gasteiger partial charge >= 0.3 is 0 Å². The molecule has 5 nitrogen and oxygen atoms in total. The quantitative estimate of drug-likeness (QED) is 0.876. The Morgan fingerprint density at radius 3 is 2.40 bits per heavy atom. The van der Waals surface area contributed by atoms with E-state index in [-0.39, 0.29) is 0 Å². The first-order chi connectivity index (χ1) is 9.72. The first-order valence-corrected chi connectivity index (χ1v) is 6.46. The highest BCUT2D eigenvalue weighted by atomic mass is 16.5. The Bertz CT molecular complexity index is 556. The third kappa shape index (κ3) is 3.60. The SMILES string of the molecule is COc1ccc(CCNc2ncc(C)cn2)cc1OC. The fourth-order valence-electron chi connectivity index (χ4n) is 1.84. The molecule has 0 aliphatic heterocycles. The molecule has 20 heavy (non-hydrogen) atoms. The van der Waals surface area contributed by atoms with Crippen LogP contribution in [0.4, 0.5) is 5.95 Å². The van der Waals surface area contributed by atoms with Crippen molar-refractivity contribution >= 4 is 5.95 Å². The lowest BCUT2D eigenvalue weighted by molar-refractivity contribution is 0.354. The number of methoxy groups -OCH3 is 2. The maximum absolute atomic E-state index is 5.28. The molecule has 1 N–H and O–H groups in total. The van der Waals surface area contributed by atoms with Gasteiger partial charge in [0.1, 0.15) is 0 Å². The average molecular weight is 273 g/mol. The molecule has 0 unspecified atom stereocenters. The summed E-state index contributed by atoms with van der Waals surface area (Å²) >= 11 is 0. The van der Waals surface area contributed by atoms with Crippen LogP contribution >= 0.6 is 0 Å². The molecule has 0 radical (unpaired) electrons. The molecule has 2 aromatic rings. The smallest absolute Gasteiger partial charge is 0.222 e. The van der Waals surface area contributed by atoms with Crippen molar-refractivity contribution in [2.24, 2.45) is 0 Å². The van der Waals surface area contributed by atoms with E-state index in [1.165, 1.54) is 5.56 Å². The highest BCUT2D eigenvalue weighted by molar-refractivity contribution is 5.43. The Hall–Kier alpha value is -2.30. The predicted octanol–water partition coefficient (Wildman–Crippen LogP) is 2.46. The normalized spacial score (nSPS) is 10.2. The van der Waals surface area contributed by atoms with E-state index in [2.05, 4.69) is 15.3 Å². The van der Waals surface area contributed by atoms with E-state index in [0.29, 0.717) is 5.95 Å². The van der Waals surface area contributed by atoms with Gasteiger partial charge in [-0.2, -0.15) is 0 Å². The number of nitrogens with one attached hydrogen (secondary N) is 1. The Labute approximate surface area is 119 Å². The molecular weight excluding hydrogens is 254 g/mol. The third-order valence-corrected chi connectivity index (χ3v) is 2.93. The van der Waals surface area contributed by atoms with Crippen LogP contribution in [0.15, 0.2) is 30.6 Å². The van der Waals surface area contributed by atoms with Gasteiger partial charge in [-0.3, -0.25) is 0 Å². The lowest BCUT2D eigenvalue weighted by Crippen LogP contribution is -2.08. The van der Waals surface area contributed by atoms with Crippen LogP contribution in [0.2, 0.25) is 0 Å². The molecule has 0 bridgehead atoms. The topological polar surface area (TPSA) is 56.3 Å². The minimum Gasteiger partial charge on any atom is -0.493 e. The first-order valence-electron chi connectivity index (χ1n) is 6.46. The zero-order valence-corrected chi connectivity index (χ0v) is 12.0. The lowest BCUT2D eigenvalue weighted by atomic mass is 10.1. The molecule has 1 aromatic heterocycles. The van der Waals surface area contributed by atoms with Crippen molar-refractivity contribution in [2.45, 2.75) is 13.3 Å². The van der Waals surface area contributed by atoms with Crippen molar-refractivity contribution in [2.75, 3.05) is 26.1 Å². The summed E-state index contributed by atoms with van der Waals surface area (Å²) in [6, 6.07) is 5.92. The molecule has 0 saturated carbocycles. The summed E-state index contributed by atoms with van der Waals surface area (Å²) in [5.41, 5.74) is 2.22. The highest BCUT2D eigenvalue weighted by Gasteiger charge is 2.04. The summed E-state index contributed by atoms with van der Waals surface area (Å²) in [6.07, 6.45) is 4.45. The Balaban J connectivity index is 1.92. The Morgan fingerprint density at radius 2 is 1.75 bits per heavy atom. The average Bonchev–Trinajstić information content (AvgIpc) is 2.49. The third-order valence-electron chi connectivity index (χ3n) is 2.93. The summed E-state index contributed by atoms with van der Waals surface area (Å²) in [4.78, 5) is 8.41. The fourth-order valence-corrected chi connectivity index (χ4v) is 1.84. The Morgan fingerprint density at radius 1 is 1.05 bits per heavy atom. The van der Waals surface area contributed by atoms with Gasteiger partial charge in [0.25, 0.3) is 0 Å². The summed E-state index contributed by atoms with van der Waals surface area (Å²) in [6.45, 7) is 2.73. The summed E-state index contributed by atoms with van der Waals surface area (Å²) in [5.74, 6) is 2.14. The van der Waals surface area contributed by atoms with E-state index in [1.807, 2.05) is 25.1 Å². The number of nitrogens with zero attached hydrogens (tertiary/aromatic N) is 2. The van der Waals surface area contributed by atoms with Crippen LogP contribution in [0.5, 0.6) is 11.5 Å². The number of aryl methyl sites for hydroxylation is 1. The molecule has 106 valence electrons. The van der Waals surface area contributed by atoms with Crippen molar-refractivity contribution < 1.29 is 9.47 Å². The molecular formula is C15H19N3O2. The number of aromatic nitrogens is 2. The standard InChI is InChI=1S/C15H19N3O2/c1-11-9-17-15(18-10-11)16-7-6-12-4-5-13(19-2)14(8-12)20-3/h4-5,8-10H,6-7H2,1-3H3,(H,16,17,18). The van der Waals surface area contributed by atoms with E-state index in [4.69, 9.17) is 9.47 Å². The van der Waals surface area contributed by atoms with E-state index >= 15 is 0 Å². The van der Waals surface area contributed by atoms with Gasteiger partial charge in [-0.15, -0.1) is 0 Å². The van der Waals surface area contributed by atoms with Crippen LogP contribution in [-0.2, 0) is 6.42 Å². The second kappa shape index (κ2) is 6.75. The van der Waals surface area contributed by atoms with Crippen LogP contribution in [-0.4, -0.2) is 30.7 Å². The summed E-state index contributed by atoms with van der Waals surface area (Å²) in [7, 11) is 3.27. The molecule has 1 aromatic carbocycles. The molecule has 5 heteroatoms. The van der Waals surface area contributed by atoms with E-state index in [0.717, 1.165) is 30.0 Å². The summed E-state index contributed by atoms with van der Waals surface area (Å²) < 4.78 is 10.5. The number of benzene rings is 1. The van der Waals surface area contributed by atoms with Crippen LogP contribution in [0, 0.1) is 6.92 Å². The lowest BCUT2D eigenvalue weighted by Gasteiger charge is -2.10. The van der Waals surface area contributed by atoms with Gasteiger partial charge in [0.05, 0.1) is 14.2 Å². The number of hydrogen-bond donors (Lipinski definition) is 1. The second-order valence-corrected chi connectivity index (χ2v) is 4.45. The number of rotatable bonds is 6. The molecule has 0 fully saturated rings. The van der Waals surface area contributed by atoms with Gasteiger partial charge in [-0.1, -0.05) is 6.07 Å². The minimum atomic E-state index is 0.649. The maximum atomic E-state index is 5.28. The monoisotopic (exact) mass is 273 g/mol. The fraction of sp³-hybridized carbons (Fsp3) is 0.333. The maximum Gasteiger partial charge on any atom is 0.222 e. The van der Waals surface area contributed by atoms with E-state index in [9.17, 15) is 0 Å². The zero-order valence-electron chi connectivity index (χ0n) is 12.0. The molecule has 0 spiro atoms. The number of anilines is 1. The molecule has 0 amide bonds. The zero-order chi connectivity index (χ0) is 14.4. The Kier molecular flexibility index (Phi) is 4.76. The molecule has 0 atom stereocenters. The van der Waals surface area contributed by atoms with E-state index < -0.39 is 0 Å². The van der Waals surface area contributed by atoms with Gasteiger partial charge in [0.2, 0.25) is 5.95 Å². The first kappa shape index (κ1) is 14.1. The molecule has 1 heterocycles. The predicted molar refractivity (Wildman–Crippen MR) is 78.5 cm³/mol. The van der Waals surface area contributed by atoms with Crippen LogP contribution < -0.4 is 14.8 Å². The van der Waals surface area contributed by atoms with Crippen molar-refractivity contribution in [3.63, 3.8) is 0 Å². The van der Waals surface area contributed by atoms with Crippen molar-refractivity contribution in [3.05, 3.63) is 41.7 Å². The van der Waals surface area contributed by atoms with Crippen molar-refractivity contribution in [1.29, 1.82) is 0 Å². The highest BCUT2D eigenvalue weighted by Crippen LogP contribution is 2.27. The molecule has 0 aliphatic carbocycles. The van der Waals surface area contributed by atoms with Gasteiger partial charge in [-0.25, -0.2) is 9.97 Å². The molecule has 0 aliphatic rings. The van der Waals surface area contributed by atoms with E-state index in [1.54, 1.807) is 26.6 Å². The number of hydrogen-bond acceptors (Lipinski definition) is 5. The van der Waals surface area contributed by atoms with Gasteiger partial charge < -0.3 is 14.8 Å². The minimum absolute atomic E-state index is 0.649. The number of ether oxygens (including phenoxy) is 2. The van der Waals surface area contributed by atoms with Gasteiger partial charge in [0, 0.05) is 18.9 Å². The molecule has 2 rings (SSSR count). The van der Waals surface area contributed by atoms with Crippen molar-refractivity contribution in [1.82, 2.24) is 9.97 Å². The van der Waals surface area contributed by atoms with Crippen LogP contribution in [0.3, 0.4) is 0 Å². The van der Waals surface area contributed by atoms with Gasteiger partial charge in [0.15, 0.2) is 11.5 Å². The van der Waals surface area contributed by atoms with Gasteiger partial charge in [-0.05, 0) is 36.6 Å². The molecule has 0 saturated heterocycles. The second-order valence-electron chi connectivity index (χ2n) is 4.45. The summed E-state index contributed by atoms with van der Waals surface area (Å²) in [5, 5.41) is 3.19. The van der Waals surface area contributed by atoms with Crippen LogP contribution in [0.25, 0.3) is 0 Å². The van der Waals surface area contributed by atoms with Crippen molar-refractivity contribution in [3.8, 4) is 11.5 Å². The van der Waals surface area contributed by atoms with Crippen LogP contribution in [0.1, 0.15) is 11.1 Å². The largest absolute Gasteiger partial charge is 0.493 e.